The Bertz CT molecular complexity index is 996. The van der Waals surface area contributed by atoms with Crippen molar-refractivity contribution < 1.29 is 14.3 Å². The molecule has 0 atom stereocenters. The first-order chi connectivity index (χ1) is 14.3. The number of H-pyrrole nitrogens is 1. The van der Waals surface area contributed by atoms with Gasteiger partial charge in [-0.3, -0.25) is 4.90 Å². The van der Waals surface area contributed by atoms with Crippen LogP contribution in [0, 0.1) is 0 Å². The van der Waals surface area contributed by atoms with Gasteiger partial charge in [-0.15, -0.1) is 0 Å². The molecular formula is C24H31N3O3. The molecule has 0 saturated carbocycles. The van der Waals surface area contributed by atoms with Crippen molar-refractivity contribution in [2.75, 3.05) is 19.6 Å². The summed E-state index contributed by atoms with van der Waals surface area (Å²) in [6, 6.07) is 8.03. The number of esters is 1. The van der Waals surface area contributed by atoms with Crippen molar-refractivity contribution in [3.63, 3.8) is 0 Å². The molecule has 2 aromatic rings. The van der Waals surface area contributed by atoms with Crippen molar-refractivity contribution in [1.29, 1.82) is 0 Å². The standard InChI is InChI=1S/C24H31N3O3/c1-16(2)30-22(28)18-14-27(23(29)26-12-8-5-9-13-26)15-24(3,4)20-17-10-6-7-11-19(17)25-21(18)20/h6-7,10-11,14,16,25H,5,8-9,12-13,15H2,1-4H3. The van der Waals surface area contributed by atoms with Crippen LogP contribution in [-0.4, -0.2) is 52.5 Å². The highest BCUT2D eigenvalue weighted by Crippen LogP contribution is 2.40. The average molecular weight is 410 g/mol. The van der Waals surface area contributed by atoms with Gasteiger partial charge in [-0.2, -0.15) is 0 Å². The first-order valence-corrected chi connectivity index (χ1v) is 10.9. The van der Waals surface area contributed by atoms with E-state index < -0.39 is 5.97 Å². The maximum absolute atomic E-state index is 13.4. The van der Waals surface area contributed by atoms with Crippen molar-refractivity contribution in [2.24, 2.45) is 0 Å². The zero-order valence-corrected chi connectivity index (χ0v) is 18.3. The van der Waals surface area contributed by atoms with Crippen LogP contribution in [0.25, 0.3) is 16.5 Å². The number of benzene rings is 1. The lowest BCUT2D eigenvalue weighted by atomic mass is 9.82. The van der Waals surface area contributed by atoms with Crippen LogP contribution in [-0.2, 0) is 14.9 Å². The lowest BCUT2D eigenvalue weighted by Gasteiger charge is -2.35. The molecule has 0 spiro atoms. The fourth-order valence-corrected chi connectivity index (χ4v) is 4.64. The van der Waals surface area contributed by atoms with Gasteiger partial charge in [0.05, 0.1) is 17.4 Å². The topological polar surface area (TPSA) is 65.6 Å². The third-order valence-corrected chi connectivity index (χ3v) is 5.94. The van der Waals surface area contributed by atoms with E-state index in [0.29, 0.717) is 12.1 Å². The van der Waals surface area contributed by atoms with E-state index in [-0.39, 0.29) is 17.6 Å². The van der Waals surface area contributed by atoms with Gasteiger partial charge in [0.1, 0.15) is 0 Å². The molecule has 1 aromatic heterocycles. The van der Waals surface area contributed by atoms with Gasteiger partial charge in [-0.05, 0) is 44.7 Å². The van der Waals surface area contributed by atoms with E-state index in [2.05, 4.69) is 24.9 Å². The Morgan fingerprint density at radius 3 is 2.50 bits per heavy atom. The molecular weight excluding hydrogens is 378 g/mol. The normalized spacial score (nSPS) is 18.8. The molecule has 1 aromatic carbocycles. The van der Waals surface area contributed by atoms with E-state index in [1.165, 1.54) is 0 Å². The predicted octanol–water partition coefficient (Wildman–Crippen LogP) is 4.66. The summed E-state index contributed by atoms with van der Waals surface area (Å²) in [6.45, 7) is 9.97. The Labute approximate surface area is 177 Å². The summed E-state index contributed by atoms with van der Waals surface area (Å²) in [5, 5.41) is 1.08. The van der Waals surface area contributed by atoms with E-state index in [1.54, 1.807) is 11.1 Å². The number of hydrogen-bond donors (Lipinski definition) is 1. The molecule has 4 rings (SSSR count). The van der Waals surface area contributed by atoms with Crippen LogP contribution in [0.1, 0.15) is 58.2 Å². The van der Waals surface area contributed by atoms with Crippen LogP contribution in [0.2, 0.25) is 0 Å². The summed E-state index contributed by atoms with van der Waals surface area (Å²) in [6.07, 6.45) is 4.67. The SMILES string of the molecule is CC(C)OC(=O)C1=CN(C(=O)N2CCCCC2)CC(C)(C)c2c1[nH]c1ccccc21. The number of likely N-dealkylation sites (tertiary alicyclic amines) is 1. The summed E-state index contributed by atoms with van der Waals surface area (Å²) < 4.78 is 5.56. The summed E-state index contributed by atoms with van der Waals surface area (Å²) in [5.41, 5.74) is 2.84. The van der Waals surface area contributed by atoms with Gasteiger partial charge in [-0.1, -0.05) is 32.0 Å². The van der Waals surface area contributed by atoms with Gasteiger partial charge in [0.2, 0.25) is 0 Å². The fourth-order valence-electron chi connectivity index (χ4n) is 4.64. The number of fused-ring (bicyclic) bond motifs is 3. The highest BCUT2D eigenvalue weighted by Gasteiger charge is 2.38. The summed E-state index contributed by atoms with van der Waals surface area (Å²) in [5.74, 6) is -0.410. The van der Waals surface area contributed by atoms with Crippen molar-refractivity contribution in [2.45, 2.75) is 58.5 Å². The molecule has 3 heterocycles. The number of ether oxygens (including phenoxy) is 1. The zero-order chi connectivity index (χ0) is 21.5. The van der Waals surface area contributed by atoms with Crippen LogP contribution in [0.3, 0.4) is 0 Å². The average Bonchev–Trinajstić information content (AvgIpc) is 3.05. The number of carbonyl (C=O) groups excluding carboxylic acids is 2. The van der Waals surface area contributed by atoms with Crippen LogP contribution in [0.15, 0.2) is 30.5 Å². The molecule has 1 saturated heterocycles. The zero-order valence-electron chi connectivity index (χ0n) is 18.3. The molecule has 0 unspecified atom stereocenters. The molecule has 0 bridgehead atoms. The van der Waals surface area contributed by atoms with Crippen LogP contribution in [0.4, 0.5) is 4.79 Å². The molecule has 6 nitrogen and oxygen atoms in total. The minimum Gasteiger partial charge on any atom is -0.459 e. The van der Waals surface area contributed by atoms with Crippen LogP contribution in [0.5, 0.6) is 0 Å². The molecule has 2 amide bonds. The summed E-state index contributed by atoms with van der Waals surface area (Å²) >= 11 is 0. The fraction of sp³-hybridized carbons (Fsp3) is 0.500. The van der Waals surface area contributed by atoms with E-state index in [4.69, 9.17) is 4.74 Å². The van der Waals surface area contributed by atoms with Gasteiger partial charge in [-0.25, -0.2) is 9.59 Å². The second-order valence-corrected chi connectivity index (χ2v) is 9.26. The van der Waals surface area contributed by atoms with Crippen LogP contribution < -0.4 is 0 Å². The number of para-hydroxylation sites is 1. The second-order valence-electron chi connectivity index (χ2n) is 9.26. The Hall–Kier alpha value is -2.76. The first kappa shape index (κ1) is 20.5. The minimum absolute atomic E-state index is 0.0351. The quantitative estimate of drug-likeness (QED) is 0.734. The molecule has 1 fully saturated rings. The molecule has 2 aliphatic rings. The lowest BCUT2D eigenvalue weighted by Crippen LogP contribution is -2.46. The maximum Gasteiger partial charge on any atom is 0.342 e. The van der Waals surface area contributed by atoms with Crippen molar-refractivity contribution in [3.05, 3.63) is 41.7 Å². The van der Waals surface area contributed by atoms with Crippen molar-refractivity contribution in [3.8, 4) is 0 Å². The van der Waals surface area contributed by atoms with Crippen LogP contribution >= 0.6 is 0 Å². The Balaban J connectivity index is 1.84. The highest BCUT2D eigenvalue weighted by molar-refractivity contribution is 6.18. The van der Waals surface area contributed by atoms with Crippen molar-refractivity contribution >= 4 is 28.5 Å². The molecule has 2 aliphatic heterocycles. The smallest absolute Gasteiger partial charge is 0.342 e. The van der Waals surface area contributed by atoms with E-state index in [0.717, 1.165) is 54.5 Å². The summed E-state index contributed by atoms with van der Waals surface area (Å²) in [4.78, 5) is 33.5. The minimum atomic E-state index is -0.410. The van der Waals surface area contributed by atoms with Gasteiger partial charge < -0.3 is 14.6 Å². The van der Waals surface area contributed by atoms with Gasteiger partial charge in [0, 0.05) is 42.2 Å². The number of aromatic nitrogens is 1. The number of nitrogens with zero attached hydrogens (tertiary/aromatic N) is 2. The predicted molar refractivity (Wildman–Crippen MR) is 118 cm³/mol. The lowest BCUT2D eigenvalue weighted by molar-refractivity contribution is -0.140. The molecule has 6 heteroatoms. The number of urea groups is 1. The largest absolute Gasteiger partial charge is 0.459 e. The number of aromatic amines is 1. The third-order valence-electron chi connectivity index (χ3n) is 5.94. The van der Waals surface area contributed by atoms with Gasteiger partial charge in [0.25, 0.3) is 0 Å². The number of amides is 2. The number of rotatable bonds is 2. The molecule has 0 radical (unpaired) electrons. The number of carbonyl (C=O) groups is 2. The number of piperidine rings is 1. The first-order valence-electron chi connectivity index (χ1n) is 10.9. The second kappa shape index (κ2) is 7.82. The Kier molecular flexibility index (Phi) is 5.35. The Morgan fingerprint density at radius 1 is 1.10 bits per heavy atom. The number of hydrogen-bond acceptors (Lipinski definition) is 3. The van der Waals surface area contributed by atoms with Gasteiger partial charge >= 0.3 is 12.0 Å². The van der Waals surface area contributed by atoms with Crippen molar-refractivity contribution in [1.82, 2.24) is 14.8 Å². The molecule has 160 valence electrons. The highest BCUT2D eigenvalue weighted by atomic mass is 16.5. The Morgan fingerprint density at radius 2 is 1.80 bits per heavy atom. The monoisotopic (exact) mass is 409 g/mol. The maximum atomic E-state index is 13.4. The van der Waals surface area contributed by atoms with E-state index in [1.807, 2.05) is 36.9 Å². The summed E-state index contributed by atoms with van der Waals surface area (Å²) in [7, 11) is 0. The third kappa shape index (κ3) is 3.71. The molecule has 30 heavy (non-hydrogen) atoms. The van der Waals surface area contributed by atoms with E-state index in [9.17, 15) is 9.59 Å². The van der Waals surface area contributed by atoms with E-state index >= 15 is 0 Å². The molecule has 0 aliphatic carbocycles. The number of nitrogens with one attached hydrogen (secondary N) is 1. The van der Waals surface area contributed by atoms with Gasteiger partial charge in [0.15, 0.2) is 0 Å². The molecule has 1 N–H and O–H groups in total.